The lowest BCUT2D eigenvalue weighted by Crippen LogP contribution is -2.30. The Hall–Kier alpha value is -2.72. The second-order valence-corrected chi connectivity index (χ2v) is 10.0. The van der Waals surface area contributed by atoms with Crippen LogP contribution >= 0.6 is 11.8 Å². The summed E-state index contributed by atoms with van der Waals surface area (Å²) in [5.74, 6) is -0.862. The summed E-state index contributed by atoms with van der Waals surface area (Å²) < 4.78 is 42.0. The van der Waals surface area contributed by atoms with E-state index in [0.29, 0.717) is 24.5 Å². The molecule has 0 aliphatic carbocycles. The van der Waals surface area contributed by atoms with E-state index in [0.717, 1.165) is 37.1 Å². The highest BCUT2D eigenvalue weighted by atomic mass is 32.2. The third kappa shape index (κ3) is 6.64. The number of nitrogens with one attached hydrogen (secondary N) is 2. The number of halogens is 1. The van der Waals surface area contributed by atoms with Crippen LogP contribution in [0.1, 0.15) is 43.0 Å². The number of hydrogen-bond acceptors (Lipinski definition) is 6. The van der Waals surface area contributed by atoms with E-state index in [1.165, 1.54) is 37.3 Å². The van der Waals surface area contributed by atoms with Gasteiger partial charge in [0.05, 0.1) is 10.6 Å². The molecule has 1 amide bonds. The highest BCUT2D eigenvalue weighted by Gasteiger charge is 2.18. The van der Waals surface area contributed by atoms with Gasteiger partial charge in [-0.2, -0.15) is 0 Å². The fourth-order valence-corrected chi connectivity index (χ4v) is 4.94. The third-order valence-electron chi connectivity index (χ3n) is 4.75. The molecule has 2 aromatic carbocycles. The molecule has 2 aromatic rings. The Morgan fingerprint density at radius 1 is 1.12 bits per heavy atom. The van der Waals surface area contributed by atoms with Gasteiger partial charge in [-0.25, -0.2) is 12.8 Å². The summed E-state index contributed by atoms with van der Waals surface area (Å²) in [7, 11) is -3.82. The SMILES string of the molecule is CC(=O)c1ccc(SCC(=O)Nc2cccc(S(=O)(=O)NC3=NCCCCC3)c2)c(F)c1. The van der Waals surface area contributed by atoms with Gasteiger partial charge in [-0.15, -0.1) is 11.8 Å². The molecule has 170 valence electrons. The van der Waals surface area contributed by atoms with E-state index in [4.69, 9.17) is 0 Å². The minimum absolute atomic E-state index is 0.0146. The number of thioether (sulfide) groups is 1. The zero-order chi connectivity index (χ0) is 23.1. The van der Waals surface area contributed by atoms with Crippen LogP contribution in [0.25, 0.3) is 0 Å². The van der Waals surface area contributed by atoms with Crippen molar-refractivity contribution in [2.24, 2.45) is 4.99 Å². The van der Waals surface area contributed by atoms with Crippen molar-refractivity contribution in [3.8, 4) is 0 Å². The van der Waals surface area contributed by atoms with E-state index in [-0.39, 0.29) is 26.9 Å². The second-order valence-electron chi connectivity index (χ2n) is 7.31. The van der Waals surface area contributed by atoms with Crippen molar-refractivity contribution in [3.63, 3.8) is 0 Å². The first-order valence-corrected chi connectivity index (χ1v) is 12.6. The maximum Gasteiger partial charge on any atom is 0.262 e. The highest BCUT2D eigenvalue weighted by molar-refractivity contribution is 8.00. The molecule has 0 aromatic heterocycles. The molecule has 0 radical (unpaired) electrons. The molecule has 0 saturated carbocycles. The molecule has 0 fully saturated rings. The van der Waals surface area contributed by atoms with Crippen LogP contribution in [0.3, 0.4) is 0 Å². The van der Waals surface area contributed by atoms with Gasteiger partial charge in [-0.3, -0.25) is 19.3 Å². The van der Waals surface area contributed by atoms with Crippen molar-refractivity contribution in [2.45, 2.75) is 42.4 Å². The number of amides is 1. The molecule has 0 spiro atoms. The molecule has 32 heavy (non-hydrogen) atoms. The van der Waals surface area contributed by atoms with E-state index in [1.807, 2.05) is 0 Å². The minimum atomic E-state index is -3.82. The van der Waals surface area contributed by atoms with Gasteiger partial charge in [-0.1, -0.05) is 18.6 Å². The topological polar surface area (TPSA) is 105 Å². The summed E-state index contributed by atoms with van der Waals surface area (Å²) in [6.45, 7) is 1.95. The van der Waals surface area contributed by atoms with Crippen LogP contribution in [0.15, 0.2) is 57.2 Å². The number of carbonyl (C=O) groups is 2. The maximum atomic E-state index is 14.1. The lowest BCUT2D eigenvalue weighted by atomic mass is 10.1. The Morgan fingerprint density at radius 3 is 2.69 bits per heavy atom. The summed E-state index contributed by atoms with van der Waals surface area (Å²) >= 11 is 0.985. The zero-order valence-corrected chi connectivity index (χ0v) is 19.2. The maximum absolute atomic E-state index is 14.1. The number of nitrogens with zero attached hydrogens (tertiary/aromatic N) is 1. The van der Waals surface area contributed by atoms with E-state index < -0.39 is 21.7 Å². The minimum Gasteiger partial charge on any atom is -0.325 e. The predicted molar refractivity (Wildman–Crippen MR) is 123 cm³/mol. The summed E-state index contributed by atoms with van der Waals surface area (Å²) in [6.07, 6.45) is 3.42. The number of aliphatic imine (C=N–C) groups is 1. The number of anilines is 1. The van der Waals surface area contributed by atoms with Crippen molar-refractivity contribution < 1.29 is 22.4 Å². The van der Waals surface area contributed by atoms with Gasteiger partial charge >= 0.3 is 0 Å². The van der Waals surface area contributed by atoms with E-state index in [9.17, 15) is 22.4 Å². The van der Waals surface area contributed by atoms with Gasteiger partial charge in [0.15, 0.2) is 5.78 Å². The Kier molecular flexibility index (Phi) is 8.03. The average molecular weight is 478 g/mol. The number of ketones is 1. The highest BCUT2D eigenvalue weighted by Crippen LogP contribution is 2.23. The molecule has 0 unspecified atom stereocenters. The number of Topliss-reactive ketones (excluding diaryl/α,β-unsaturated/α-hetero) is 1. The fraction of sp³-hybridized carbons (Fsp3) is 0.318. The smallest absolute Gasteiger partial charge is 0.262 e. The Labute approximate surface area is 190 Å². The molecular formula is C22H24FN3O4S2. The summed E-state index contributed by atoms with van der Waals surface area (Å²) in [5, 5.41) is 2.63. The van der Waals surface area contributed by atoms with E-state index in [1.54, 1.807) is 6.07 Å². The standard InChI is InChI=1S/C22H24FN3O4S2/c1-15(27)16-9-10-20(19(23)12-16)31-14-22(28)25-17-6-5-7-18(13-17)32(29,30)26-21-8-3-2-4-11-24-21/h5-7,9-10,12-13H,2-4,8,11,14H2,1H3,(H,24,26)(H,25,28). The van der Waals surface area contributed by atoms with Crippen molar-refractivity contribution >= 4 is 45.0 Å². The van der Waals surface area contributed by atoms with E-state index in [2.05, 4.69) is 15.0 Å². The first kappa shape index (κ1) is 23.9. The average Bonchev–Trinajstić information content (AvgIpc) is 3.01. The second kappa shape index (κ2) is 10.7. The Balaban J connectivity index is 1.62. The van der Waals surface area contributed by atoms with Gasteiger partial charge < -0.3 is 5.32 Å². The predicted octanol–water partition coefficient (Wildman–Crippen LogP) is 4.01. The summed E-state index contributed by atoms with van der Waals surface area (Å²) in [5.41, 5.74) is 0.575. The molecule has 10 heteroatoms. The number of amidine groups is 1. The molecule has 1 aliphatic rings. The molecular weight excluding hydrogens is 453 g/mol. The van der Waals surface area contributed by atoms with Gasteiger partial charge in [0.2, 0.25) is 5.91 Å². The Morgan fingerprint density at radius 2 is 1.94 bits per heavy atom. The van der Waals surface area contributed by atoms with Crippen molar-refractivity contribution in [2.75, 3.05) is 17.6 Å². The normalized spacial score (nSPS) is 14.2. The molecule has 0 saturated heterocycles. The quantitative estimate of drug-likeness (QED) is 0.463. The van der Waals surface area contributed by atoms with Crippen LogP contribution < -0.4 is 10.0 Å². The number of benzene rings is 2. The van der Waals surface area contributed by atoms with Crippen LogP contribution in [0, 0.1) is 5.82 Å². The number of hydrogen-bond donors (Lipinski definition) is 2. The van der Waals surface area contributed by atoms with Crippen molar-refractivity contribution in [1.29, 1.82) is 0 Å². The van der Waals surface area contributed by atoms with Crippen LogP contribution in [0.4, 0.5) is 10.1 Å². The van der Waals surface area contributed by atoms with Crippen LogP contribution in [-0.4, -0.2) is 38.2 Å². The van der Waals surface area contributed by atoms with Crippen LogP contribution in [0.2, 0.25) is 0 Å². The first-order chi connectivity index (χ1) is 15.2. The lowest BCUT2D eigenvalue weighted by Gasteiger charge is -2.11. The lowest BCUT2D eigenvalue weighted by molar-refractivity contribution is -0.113. The van der Waals surface area contributed by atoms with Gasteiger partial charge in [0.25, 0.3) is 10.0 Å². The molecule has 2 N–H and O–H groups in total. The summed E-state index contributed by atoms with van der Waals surface area (Å²) in [6, 6.07) is 10.0. The molecule has 1 heterocycles. The van der Waals surface area contributed by atoms with Crippen LogP contribution in [-0.2, 0) is 14.8 Å². The first-order valence-electron chi connectivity index (χ1n) is 10.1. The van der Waals surface area contributed by atoms with Crippen molar-refractivity contribution in [1.82, 2.24) is 4.72 Å². The zero-order valence-electron chi connectivity index (χ0n) is 17.6. The fourth-order valence-electron chi connectivity index (χ4n) is 3.09. The molecule has 0 atom stereocenters. The molecule has 7 nitrogen and oxygen atoms in total. The number of carbonyl (C=O) groups excluding carboxylic acids is 2. The largest absolute Gasteiger partial charge is 0.325 e. The number of rotatable bonds is 7. The van der Waals surface area contributed by atoms with Gasteiger partial charge in [0, 0.05) is 29.1 Å². The molecule has 0 bridgehead atoms. The van der Waals surface area contributed by atoms with Gasteiger partial charge in [-0.05, 0) is 50.1 Å². The van der Waals surface area contributed by atoms with Crippen LogP contribution in [0.5, 0.6) is 0 Å². The molecule has 3 rings (SSSR count). The Bertz CT molecular complexity index is 1150. The van der Waals surface area contributed by atoms with E-state index >= 15 is 0 Å². The number of sulfonamides is 1. The van der Waals surface area contributed by atoms with Gasteiger partial charge in [0.1, 0.15) is 11.7 Å². The molecule has 1 aliphatic heterocycles. The monoisotopic (exact) mass is 477 g/mol. The summed E-state index contributed by atoms with van der Waals surface area (Å²) in [4.78, 5) is 28.2. The van der Waals surface area contributed by atoms with Crippen molar-refractivity contribution in [3.05, 3.63) is 53.8 Å². The third-order valence-corrected chi connectivity index (χ3v) is 7.18.